The Labute approximate surface area is 166 Å². The van der Waals surface area contributed by atoms with Crippen LogP contribution in [0.25, 0.3) is 5.69 Å². The van der Waals surface area contributed by atoms with Gasteiger partial charge in [0.05, 0.1) is 12.3 Å². The van der Waals surface area contributed by atoms with Crippen LogP contribution in [0.2, 0.25) is 0 Å². The molecule has 27 heavy (non-hydrogen) atoms. The minimum Gasteiger partial charge on any atom is -0.479 e. The standard InChI is InChI=1S/C20H22BrN3O3/c1-13-17-20(8-10-23(11-9-20)19(25)26-12-14-6-7-14)27-16-5-3-2-4-15(16)24(17)22-18(13)21/h2-5,14H,6-12H2,1H3. The Bertz CT molecular complexity index is 898. The first-order valence-electron chi connectivity index (χ1n) is 9.53. The van der Waals surface area contributed by atoms with Gasteiger partial charge in [-0.1, -0.05) is 12.1 Å². The first kappa shape index (κ1) is 17.1. The van der Waals surface area contributed by atoms with E-state index in [-0.39, 0.29) is 6.09 Å². The van der Waals surface area contributed by atoms with Gasteiger partial charge in [-0.15, -0.1) is 0 Å². The first-order valence-corrected chi connectivity index (χ1v) is 10.3. The number of hydrogen-bond acceptors (Lipinski definition) is 4. The molecule has 1 aromatic carbocycles. The second kappa shape index (κ2) is 6.26. The number of nitrogens with zero attached hydrogens (tertiary/aromatic N) is 3. The molecule has 1 amide bonds. The van der Waals surface area contributed by atoms with E-state index in [9.17, 15) is 4.79 Å². The third-order valence-corrected chi connectivity index (χ3v) is 6.62. The van der Waals surface area contributed by atoms with Crippen LogP contribution in [0.4, 0.5) is 4.79 Å². The highest BCUT2D eigenvalue weighted by Crippen LogP contribution is 2.47. The zero-order chi connectivity index (χ0) is 18.6. The number of amides is 1. The van der Waals surface area contributed by atoms with Crippen LogP contribution in [-0.4, -0.2) is 40.5 Å². The lowest BCUT2D eigenvalue weighted by Crippen LogP contribution is -2.50. The zero-order valence-corrected chi connectivity index (χ0v) is 16.9. The van der Waals surface area contributed by atoms with Crippen LogP contribution in [0.3, 0.4) is 0 Å². The normalized spacial score (nSPS) is 20.0. The van der Waals surface area contributed by atoms with Gasteiger partial charge in [0, 0.05) is 31.5 Å². The van der Waals surface area contributed by atoms with E-state index in [1.165, 1.54) is 12.8 Å². The number of hydrogen-bond donors (Lipinski definition) is 0. The summed E-state index contributed by atoms with van der Waals surface area (Å²) in [4.78, 5) is 14.2. The van der Waals surface area contributed by atoms with Crippen LogP contribution in [0.1, 0.15) is 36.9 Å². The van der Waals surface area contributed by atoms with Gasteiger partial charge in [-0.2, -0.15) is 5.10 Å². The Hall–Kier alpha value is -2.02. The van der Waals surface area contributed by atoms with Crippen molar-refractivity contribution in [2.24, 2.45) is 5.92 Å². The third-order valence-electron chi connectivity index (χ3n) is 5.86. The first-order chi connectivity index (χ1) is 13.1. The van der Waals surface area contributed by atoms with E-state index in [0.717, 1.165) is 40.1 Å². The molecule has 1 saturated carbocycles. The van der Waals surface area contributed by atoms with E-state index in [1.54, 1.807) is 0 Å². The van der Waals surface area contributed by atoms with E-state index >= 15 is 0 Å². The number of piperidine rings is 1. The number of aromatic nitrogens is 2. The maximum atomic E-state index is 12.4. The Morgan fingerprint density at radius 1 is 1.33 bits per heavy atom. The van der Waals surface area contributed by atoms with Crippen LogP contribution >= 0.6 is 15.9 Å². The Morgan fingerprint density at radius 3 is 2.81 bits per heavy atom. The summed E-state index contributed by atoms with van der Waals surface area (Å²) in [5, 5.41) is 4.70. The van der Waals surface area contributed by atoms with Crippen molar-refractivity contribution in [1.82, 2.24) is 14.7 Å². The monoisotopic (exact) mass is 431 g/mol. The number of ether oxygens (including phenoxy) is 2. The van der Waals surface area contributed by atoms with Gasteiger partial charge in [-0.05, 0) is 53.7 Å². The molecule has 0 unspecified atom stereocenters. The molecule has 0 radical (unpaired) electrons. The minimum absolute atomic E-state index is 0.195. The molecule has 2 fully saturated rings. The lowest BCUT2D eigenvalue weighted by Gasteiger charge is -2.44. The van der Waals surface area contributed by atoms with Crippen molar-refractivity contribution in [2.45, 2.75) is 38.2 Å². The van der Waals surface area contributed by atoms with Gasteiger partial charge in [0.25, 0.3) is 0 Å². The molecule has 1 saturated heterocycles. The molecule has 142 valence electrons. The number of fused-ring (bicyclic) bond motifs is 4. The number of halogens is 1. The molecule has 1 spiro atoms. The van der Waals surface area contributed by atoms with Gasteiger partial charge in [0.1, 0.15) is 16.0 Å². The Balaban J connectivity index is 1.41. The maximum absolute atomic E-state index is 12.4. The van der Waals surface area contributed by atoms with Crippen LogP contribution in [0.15, 0.2) is 28.9 Å². The summed E-state index contributed by atoms with van der Waals surface area (Å²) in [6.45, 7) is 3.86. The van der Waals surface area contributed by atoms with Crippen molar-refractivity contribution >= 4 is 22.0 Å². The predicted octanol–water partition coefficient (Wildman–Crippen LogP) is 4.17. The van der Waals surface area contributed by atoms with Gasteiger partial charge in [-0.3, -0.25) is 0 Å². The van der Waals surface area contributed by atoms with Crippen LogP contribution in [-0.2, 0) is 10.3 Å². The smallest absolute Gasteiger partial charge is 0.409 e. The molecule has 0 N–H and O–H groups in total. The molecule has 5 rings (SSSR count). The van der Waals surface area contributed by atoms with Crippen molar-refractivity contribution < 1.29 is 14.3 Å². The molecular formula is C20H22BrN3O3. The third kappa shape index (κ3) is 2.83. The maximum Gasteiger partial charge on any atom is 0.409 e. The molecule has 1 aromatic heterocycles. The number of rotatable bonds is 2. The highest BCUT2D eigenvalue weighted by Gasteiger charge is 2.47. The predicted molar refractivity (Wildman–Crippen MR) is 103 cm³/mol. The average molecular weight is 432 g/mol. The Kier molecular flexibility index (Phi) is 3.96. The van der Waals surface area contributed by atoms with Crippen molar-refractivity contribution in [3.63, 3.8) is 0 Å². The fraction of sp³-hybridized carbons (Fsp3) is 0.500. The van der Waals surface area contributed by atoms with Crippen molar-refractivity contribution in [1.29, 1.82) is 0 Å². The van der Waals surface area contributed by atoms with Crippen LogP contribution in [0.5, 0.6) is 5.75 Å². The number of carbonyl (C=O) groups excluding carboxylic acids is 1. The van der Waals surface area contributed by atoms with Gasteiger partial charge in [0.15, 0.2) is 5.60 Å². The van der Waals surface area contributed by atoms with E-state index in [0.29, 0.717) is 25.6 Å². The van der Waals surface area contributed by atoms with Crippen LogP contribution < -0.4 is 4.74 Å². The largest absolute Gasteiger partial charge is 0.479 e. The molecule has 0 bridgehead atoms. The topological polar surface area (TPSA) is 56.6 Å². The highest BCUT2D eigenvalue weighted by atomic mass is 79.9. The number of para-hydroxylation sites is 2. The number of benzene rings is 1. The van der Waals surface area contributed by atoms with Gasteiger partial charge < -0.3 is 14.4 Å². The summed E-state index contributed by atoms with van der Waals surface area (Å²) in [6, 6.07) is 7.98. The summed E-state index contributed by atoms with van der Waals surface area (Å²) < 4.78 is 14.8. The van der Waals surface area contributed by atoms with Gasteiger partial charge in [0.2, 0.25) is 0 Å². The molecule has 7 heteroatoms. The zero-order valence-electron chi connectivity index (χ0n) is 15.3. The van der Waals surface area contributed by atoms with E-state index in [1.807, 2.05) is 33.8 Å². The molecule has 2 aromatic rings. The second-order valence-electron chi connectivity index (χ2n) is 7.75. The molecule has 1 aliphatic carbocycles. The molecular weight excluding hydrogens is 410 g/mol. The summed E-state index contributed by atoms with van der Waals surface area (Å²) in [7, 11) is 0. The number of carbonyl (C=O) groups is 1. The second-order valence-corrected chi connectivity index (χ2v) is 8.50. The quantitative estimate of drug-likeness (QED) is 0.715. The molecule has 2 aliphatic heterocycles. The van der Waals surface area contributed by atoms with E-state index in [2.05, 4.69) is 22.9 Å². The fourth-order valence-electron chi connectivity index (χ4n) is 4.11. The summed E-state index contributed by atoms with van der Waals surface area (Å²) >= 11 is 3.58. The molecule has 3 aliphatic rings. The van der Waals surface area contributed by atoms with Crippen LogP contribution in [0, 0.1) is 12.8 Å². The van der Waals surface area contributed by atoms with Crippen molar-refractivity contribution in [3.8, 4) is 11.4 Å². The van der Waals surface area contributed by atoms with Crippen molar-refractivity contribution in [3.05, 3.63) is 40.1 Å². The lowest BCUT2D eigenvalue weighted by atomic mass is 9.85. The van der Waals surface area contributed by atoms with Gasteiger partial charge in [-0.25, -0.2) is 9.48 Å². The average Bonchev–Trinajstić information content (AvgIpc) is 3.45. The van der Waals surface area contributed by atoms with E-state index in [4.69, 9.17) is 14.6 Å². The molecule has 3 heterocycles. The van der Waals surface area contributed by atoms with Crippen molar-refractivity contribution in [2.75, 3.05) is 19.7 Å². The minimum atomic E-state index is -0.468. The number of likely N-dealkylation sites (tertiary alicyclic amines) is 1. The SMILES string of the molecule is Cc1c(Br)nn2c1C1(CCN(C(=O)OCC3CC3)CC1)Oc1ccccc1-2. The Morgan fingerprint density at radius 2 is 2.07 bits per heavy atom. The lowest BCUT2D eigenvalue weighted by molar-refractivity contribution is -0.0149. The van der Waals surface area contributed by atoms with E-state index < -0.39 is 5.60 Å². The summed E-state index contributed by atoms with van der Waals surface area (Å²) in [5.41, 5.74) is 2.66. The summed E-state index contributed by atoms with van der Waals surface area (Å²) in [6.07, 6.45) is 3.61. The highest BCUT2D eigenvalue weighted by molar-refractivity contribution is 9.10. The van der Waals surface area contributed by atoms with Gasteiger partial charge >= 0.3 is 6.09 Å². The molecule has 6 nitrogen and oxygen atoms in total. The fourth-order valence-corrected chi connectivity index (χ4v) is 4.46. The molecule has 0 atom stereocenters. The summed E-state index contributed by atoms with van der Waals surface area (Å²) in [5.74, 6) is 1.42.